The average Bonchev–Trinajstić information content (AvgIpc) is 2.91. The van der Waals surface area contributed by atoms with Gasteiger partial charge in [0.25, 0.3) is 5.91 Å². The van der Waals surface area contributed by atoms with Gasteiger partial charge in [0.2, 0.25) is 0 Å². The second-order valence-electron chi connectivity index (χ2n) is 4.11. The number of aromatic nitrogens is 1. The van der Waals surface area contributed by atoms with Crippen LogP contribution in [0.1, 0.15) is 15.2 Å². The zero-order chi connectivity index (χ0) is 16.8. The number of methoxy groups -OCH3 is 1. The minimum atomic E-state index is -0.399. The average molecular weight is 345 g/mol. The highest BCUT2D eigenvalue weighted by atomic mass is 35.5. The molecule has 0 fully saturated rings. The van der Waals surface area contributed by atoms with Crippen molar-refractivity contribution in [1.29, 1.82) is 10.5 Å². The summed E-state index contributed by atoms with van der Waals surface area (Å²) in [6, 6.07) is 10.2. The fourth-order valence-electron chi connectivity index (χ4n) is 1.67. The van der Waals surface area contributed by atoms with Gasteiger partial charge in [0.05, 0.1) is 17.6 Å². The third-order valence-electron chi connectivity index (χ3n) is 2.70. The molecule has 1 aromatic carbocycles. The van der Waals surface area contributed by atoms with E-state index >= 15 is 0 Å². The molecule has 114 valence electrons. The molecule has 2 aromatic rings. The Balaban J connectivity index is 2.25. The molecule has 1 amide bonds. The molecule has 0 aliphatic heterocycles. The number of carbonyl (C=O) groups is 1. The number of carbonyl (C=O) groups excluding carboxylic acids is 1. The summed E-state index contributed by atoms with van der Waals surface area (Å²) in [7, 11) is 1.47. The Labute approximate surface area is 141 Å². The van der Waals surface area contributed by atoms with E-state index in [2.05, 4.69) is 10.3 Å². The van der Waals surface area contributed by atoms with E-state index in [-0.39, 0.29) is 15.9 Å². The van der Waals surface area contributed by atoms with Gasteiger partial charge >= 0.3 is 0 Å². The number of hydrogen-bond donors (Lipinski definition) is 1. The number of benzene rings is 1. The molecule has 6 nitrogen and oxygen atoms in total. The smallest absolute Gasteiger partial charge is 0.261 e. The summed E-state index contributed by atoms with van der Waals surface area (Å²) < 4.78 is 5.13. The van der Waals surface area contributed by atoms with Crippen molar-refractivity contribution in [2.45, 2.75) is 0 Å². The number of rotatable bonds is 4. The molecule has 0 radical (unpaired) electrons. The zero-order valence-corrected chi connectivity index (χ0v) is 13.4. The van der Waals surface area contributed by atoms with Crippen molar-refractivity contribution in [1.82, 2.24) is 4.98 Å². The third kappa shape index (κ3) is 3.86. The molecule has 23 heavy (non-hydrogen) atoms. The van der Waals surface area contributed by atoms with Gasteiger partial charge in [-0.1, -0.05) is 35.1 Å². The quantitative estimate of drug-likeness (QED) is 0.856. The van der Waals surface area contributed by atoms with Crippen molar-refractivity contribution in [3.8, 4) is 17.9 Å². The van der Waals surface area contributed by atoms with Gasteiger partial charge in [-0.2, -0.15) is 10.5 Å². The maximum Gasteiger partial charge on any atom is 0.261 e. The molecule has 0 atom stereocenters. The molecular formula is C15H9ClN4O2S. The van der Waals surface area contributed by atoms with Crippen molar-refractivity contribution in [3.63, 3.8) is 0 Å². The number of ether oxygens (including phenoxy) is 1. The highest BCUT2D eigenvalue weighted by Gasteiger charge is 2.15. The van der Waals surface area contributed by atoms with E-state index < -0.39 is 5.91 Å². The molecule has 0 bridgehead atoms. The maximum atomic E-state index is 12.3. The summed E-state index contributed by atoms with van der Waals surface area (Å²) in [5.74, 6) is 0.0354. The number of nitriles is 2. The molecular weight excluding hydrogens is 336 g/mol. The molecule has 0 aliphatic carbocycles. The van der Waals surface area contributed by atoms with Gasteiger partial charge in [0.15, 0.2) is 5.13 Å². The summed E-state index contributed by atoms with van der Waals surface area (Å²) in [5.41, 5.74) is 0.256. The number of para-hydroxylation sites is 1. The molecule has 1 heterocycles. The summed E-state index contributed by atoms with van der Waals surface area (Å²) in [4.78, 5) is 16.7. The number of nitrogens with one attached hydrogen (secondary N) is 1. The van der Waals surface area contributed by atoms with Gasteiger partial charge in [0.1, 0.15) is 28.6 Å². The van der Waals surface area contributed by atoms with E-state index in [1.807, 2.05) is 0 Å². The Morgan fingerprint density at radius 3 is 2.74 bits per heavy atom. The lowest BCUT2D eigenvalue weighted by atomic mass is 10.2. The van der Waals surface area contributed by atoms with Crippen LogP contribution >= 0.6 is 22.9 Å². The van der Waals surface area contributed by atoms with Gasteiger partial charge in [-0.25, -0.2) is 4.98 Å². The molecule has 0 saturated carbocycles. The van der Waals surface area contributed by atoms with Gasteiger partial charge < -0.3 is 4.74 Å². The monoisotopic (exact) mass is 344 g/mol. The zero-order valence-electron chi connectivity index (χ0n) is 11.8. The van der Waals surface area contributed by atoms with Crippen molar-refractivity contribution < 1.29 is 9.53 Å². The Kier molecular flexibility index (Phi) is 5.32. The van der Waals surface area contributed by atoms with E-state index in [0.717, 1.165) is 11.3 Å². The summed E-state index contributed by atoms with van der Waals surface area (Å²) in [6.45, 7) is 0. The molecule has 0 saturated heterocycles. The van der Waals surface area contributed by atoms with E-state index in [1.165, 1.54) is 13.2 Å². The van der Waals surface area contributed by atoms with E-state index in [4.69, 9.17) is 26.9 Å². The largest absolute Gasteiger partial charge is 0.496 e. The molecule has 2 rings (SSSR count). The second kappa shape index (κ2) is 7.41. The number of nitrogens with zero attached hydrogens (tertiary/aromatic N) is 3. The lowest BCUT2D eigenvalue weighted by Gasteiger charge is -2.06. The predicted octanol–water partition coefficient (Wildman–Crippen LogP) is 3.49. The SMILES string of the molecule is COc1ccccc1C(=O)Nc1nc(Cl)c(C=C(C#N)C#N)s1. The van der Waals surface area contributed by atoms with Crippen LogP contribution in [-0.2, 0) is 0 Å². The van der Waals surface area contributed by atoms with Crippen LogP contribution < -0.4 is 10.1 Å². The number of thiazole rings is 1. The van der Waals surface area contributed by atoms with Crippen LogP contribution in [0.3, 0.4) is 0 Å². The lowest BCUT2D eigenvalue weighted by Crippen LogP contribution is -2.12. The van der Waals surface area contributed by atoms with Crippen LogP contribution in [0.15, 0.2) is 29.8 Å². The molecule has 8 heteroatoms. The van der Waals surface area contributed by atoms with Crippen LogP contribution in [0.25, 0.3) is 6.08 Å². The Morgan fingerprint density at radius 1 is 1.39 bits per heavy atom. The van der Waals surface area contributed by atoms with Crippen molar-refractivity contribution in [2.24, 2.45) is 0 Å². The first kappa shape index (κ1) is 16.5. The number of hydrogen-bond acceptors (Lipinski definition) is 6. The summed E-state index contributed by atoms with van der Waals surface area (Å²) >= 11 is 7.01. The fraction of sp³-hybridized carbons (Fsp3) is 0.0667. The van der Waals surface area contributed by atoms with Gasteiger partial charge in [-0.15, -0.1) is 0 Å². The number of anilines is 1. The van der Waals surface area contributed by atoms with Gasteiger partial charge in [-0.3, -0.25) is 10.1 Å². The molecule has 1 N–H and O–H groups in total. The minimum absolute atomic E-state index is 0.0989. The standard InChI is InChI=1S/C15H9ClN4O2S/c1-22-11-5-3-2-4-10(11)14(21)20-15-19-13(16)12(23-15)6-9(7-17)8-18/h2-6H,1H3,(H,19,20,21). The highest BCUT2D eigenvalue weighted by Crippen LogP contribution is 2.30. The van der Waals surface area contributed by atoms with E-state index in [9.17, 15) is 4.79 Å². The van der Waals surface area contributed by atoms with Crippen LogP contribution in [0.2, 0.25) is 5.15 Å². The predicted molar refractivity (Wildman–Crippen MR) is 87.3 cm³/mol. The summed E-state index contributed by atoms with van der Waals surface area (Å²) in [5, 5.41) is 20.5. The van der Waals surface area contributed by atoms with Crippen LogP contribution in [-0.4, -0.2) is 18.0 Å². The molecule has 0 unspecified atom stereocenters. The van der Waals surface area contributed by atoms with Crippen LogP contribution in [0, 0.1) is 22.7 Å². The van der Waals surface area contributed by atoms with Crippen LogP contribution in [0.4, 0.5) is 5.13 Å². The van der Waals surface area contributed by atoms with Gasteiger partial charge in [0, 0.05) is 0 Å². The van der Waals surface area contributed by atoms with Crippen LogP contribution in [0.5, 0.6) is 5.75 Å². The van der Waals surface area contributed by atoms with Crippen molar-refractivity contribution in [2.75, 3.05) is 12.4 Å². The Hall–Kier alpha value is -2.87. The van der Waals surface area contributed by atoms with Crippen molar-refractivity contribution in [3.05, 3.63) is 45.4 Å². The molecule has 0 aliphatic rings. The number of halogens is 1. The summed E-state index contributed by atoms with van der Waals surface area (Å²) in [6.07, 6.45) is 1.32. The van der Waals surface area contributed by atoms with E-state index in [1.54, 1.807) is 36.4 Å². The molecule has 1 aromatic heterocycles. The topological polar surface area (TPSA) is 98.8 Å². The first-order valence-electron chi connectivity index (χ1n) is 6.21. The second-order valence-corrected chi connectivity index (χ2v) is 5.50. The number of amides is 1. The lowest BCUT2D eigenvalue weighted by molar-refractivity contribution is 0.102. The molecule has 0 spiro atoms. The third-order valence-corrected chi connectivity index (χ3v) is 4.02. The van der Waals surface area contributed by atoms with Crippen molar-refractivity contribution >= 4 is 40.1 Å². The number of allylic oxidation sites excluding steroid dienone is 1. The minimum Gasteiger partial charge on any atom is -0.496 e. The highest BCUT2D eigenvalue weighted by molar-refractivity contribution is 7.17. The van der Waals surface area contributed by atoms with E-state index in [0.29, 0.717) is 16.2 Å². The Bertz CT molecular complexity index is 845. The first-order chi connectivity index (χ1) is 11.1. The maximum absolute atomic E-state index is 12.3. The first-order valence-corrected chi connectivity index (χ1v) is 7.41. The van der Waals surface area contributed by atoms with Gasteiger partial charge in [-0.05, 0) is 18.2 Å². The Morgan fingerprint density at radius 2 is 2.09 bits per heavy atom. The fourth-order valence-corrected chi connectivity index (χ4v) is 2.77. The normalized spacial score (nSPS) is 9.39.